The Bertz CT molecular complexity index is 230. The lowest BCUT2D eigenvalue weighted by molar-refractivity contribution is 0.121. The Balaban J connectivity index is 1.56. The molecule has 2 rings (SSSR count). The minimum absolute atomic E-state index is 0.397. The summed E-state index contributed by atoms with van der Waals surface area (Å²) in [5.74, 6) is 0.846. The zero-order valence-electron chi connectivity index (χ0n) is 10.3. The smallest absolute Gasteiger partial charge is 0.110 e. The fourth-order valence-corrected chi connectivity index (χ4v) is 2.55. The van der Waals surface area contributed by atoms with E-state index >= 15 is 0 Å². The van der Waals surface area contributed by atoms with Gasteiger partial charge in [0.1, 0.15) is 6.10 Å². The van der Waals surface area contributed by atoms with Gasteiger partial charge in [-0.05, 0) is 50.9 Å². The lowest BCUT2D eigenvalue weighted by Gasteiger charge is -2.21. The molecule has 0 aromatic heterocycles. The van der Waals surface area contributed by atoms with Gasteiger partial charge in [0.05, 0.1) is 6.26 Å². The monoisotopic (exact) mass is 224 g/mol. The fraction of sp³-hybridized carbons (Fsp3) is 0.846. The first-order chi connectivity index (χ1) is 7.88. The van der Waals surface area contributed by atoms with Gasteiger partial charge in [-0.1, -0.05) is 6.92 Å². The van der Waals surface area contributed by atoms with Gasteiger partial charge >= 0.3 is 0 Å². The molecular formula is C13H24N2O. The molecule has 3 heteroatoms. The van der Waals surface area contributed by atoms with E-state index < -0.39 is 0 Å². The van der Waals surface area contributed by atoms with Gasteiger partial charge in [-0.15, -0.1) is 0 Å². The average Bonchev–Trinajstić information content (AvgIpc) is 2.78. The van der Waals surface area contributed by atoms with Crippen LogP contribution in [0.15, 0.2) is 12.3 Å². The fourth-order valence-electron chi connectivity index (χ4n) is 2.55. The average molecular weight is 224 g/mol. The van der Waals surface area contributed by atoms with Crippen molar-refractivity contribution in [1.82, 2.24) is 10.2 Å². The second kappa shape index (κ2) is 6.26. The van der Waals surface area contributed by atoms with Crippen LogP contribution >= 0.6 is 0 Å². The van der Waals surface area contributed by atoms with E-state index in [1.54, 1.807) is 0 Å². The summed E-state index contributed by atoms with van der Waals surface area (Å²) in [5, 5.41) is 3.56. The van der Waals surface area contributed by atoms with Crippen LogP contribution in [0.4, 0.5) is 0 Å². The molecule has 2 aliphatic heterocycles. The number of allylic oxidation sites excluding steroid dienone is 1. The molecule has 2 atom stereocenters. The van der Waals surface area contributed by atoms with Crippen LogP contribution in [-0.2, 0) is 4.74 Å². The van der Waals surface area contributed by atoms with Crippen LogP contribution in [-0.4, -0.2) is 43.7 Å². The van der Waals surface area contributed by atoms with E-state index in [1.165, 1.54) is 32.5 Å². The number of rotatable bonds is 5. The van der Waals surface area contributed by atoms with Crippen molar-refractivity contribution in [2.75, 3.05) is 32.7 Å². The van der Waals surface area contributed by atoms with Crippen molar-refractivity contribution in [3.63, 3.8) is 0 Å². The largest absolute Gasteiger partial charge is 0.497 e. The molecule has 1 N–H and O–H groups in total. The predicted octanol–water partition coefficient (Wildman–Crippen LogP) is 1.61. The lowest BCUT2D eigenvalue weighted by Crippen LogP contribution is -2.33. The Labute approximate surface area is 98.8 Å². The molecule has 1 saturated heterocycles. The number of hydrogen-bond acceptors (Lipinski definition) is 3. The SMILES string of the molecule is CCN1CCC(CNCC2CCC=CO2)C1. The molecule has 16 heavy (non-hydrogen) atoms. The van der Waals surface area contributed by atoms with E-state index in [4.69, 9.17) is 4.74 Å². The van der Waals surface area contributed by atoms with Crippen LogP contribution in [0.25, 0.3) is 0 Å². The highest BCUT2D eigenvalue weighted by Gasteiger charge is 2.21. The molecule has 0 aliphatic carbocycles. The van der Waals surface area contributed by atoms with Crippen molar-refractivity contribution in [2.24, 2.45) is 5.92 Å². The number of hydrogen-bond donors (Lipinski definition) is 1. The van der Waals surface area contributed by atoms with Crippen molar-refractivity contribution in [3.05, 3.63) is 12.3 Å². The third kappa shape index (κ3) is 3.49. The molecule has 92 valence electrons. The van der Waals surface area contributed by atoms with E-state index in [-0.39, 0.29) is 0 Å². The molecule has 2 aliphatic rings. The molecule has 0 aromatic carbocycles. The van der Waals surface area contributed by atoms with Crippen LogP contribution in [0, 0.1) is 5.92 Å². The summed E-state index contributed by atoms with van der Waals surface area (Å²) >= 11 is 0. The van der Waals surface area contributed by atoms with Crippen LogP contribution in [0.2, 0.25) is 0 Å². The van der Waals surface area contributed by atoms with Crippen LogP contribution in [0.3, 0.4) is 0 Å². The summed E-state index contributed by atoms with van der Waals surface area (Å²) < 4.78 is 5.53. The van der Waals surface area contributed by atoms with Gasteiger partial charge in [0.15, 0.2) is 0 Å². The van der Waals surface area contributed by atoms with Crippen molar-refractivity contribution in [2.45, 2.75) is 32.3 Å². The highest BCUT2D eigenvalue weighted by atomic mass is 16.5. The van der Waals surface area contributed by atoms with E-state index in [0.717, 1.165) is 25.4 Å². The van der Waals surface area contributed by atoms with Crippen LogP contribution in [0.5, 0.6) is 0 Å². The van der Waals surface area contributed by atoms with E-state index in [9.17, 15) is 0 Å². The Morgan fingerprint density at radius 2 is 2.31 bits per heavy atom. The standard InChI is InChI=1S/C13H24N2O/c1-2-15-7-6-12(11-15)9-14-10-13-5-3-4-8-16-13/h4,8,12-14H,2-3,5-7,9-11H2,1H3. The second-order valence-electron chi connectivity index (χ2n) is 4.91. The second-order valence-corrected chi connectivity index (χ2v) is 4.91. The minimum atomic E-state index is 0.397. The van der Waals surface area contributed by atoms with Crippen molar-refractivity contribution in [3.8, 4) is 0 Å². The topological polar surface area (TPSA) is 24.5 Å². The van der Waals surface area contributed by atoms with Gasteiger partial charge < -0.3 is 15.0 Å². The van der Waals surface area contributed by atoms with Crippen molar-refractivity contribution >= 4 is 0 Å². The minimum Gasteiger partial charge on any atom is -0.497 e. The summed E-state index contributed by atoms with van der Waals surface area (Å²) in [6, 6.07) is 0. The molecule has 0 amide bonds. The highest BCUT2D eigenvalue weighted by Crippen LogP contribution is 2.15. The Kier molecular flexibility index (Phi) is 4.67. The van der Waals surface area contributed by atoms with E-state index in [2.05, 4.69) is 23.2 Å². The maximum atomic E-state index is 5.53. The van der Waals surface area contributed by atoms with Gasteiger partial charge in [0.25, 0.3) is 0 Å². The number of ether oxygens (including phenoxy) is 1. The molecule has 2 unspecified atom stereocenters. The summed E-state index contributed by atoms with van der Waals surface area (Å²) in [5.41, 5.74) is 0. The Morgan fingerprint density at radius 1 is 1.38 bits per heavy atom. The number of nitrogens with zero attached hydrogens (tertiary/aromatic N) is 1. The number of likely N-dealkylation sites (tertiary alicyclic amines) is 1. The molecule has 0 spiro atoms. The van der Waals surface area contributed by atoms with Gasteiger partial charge in [-0.25, -0.2) is 0 Å². The Morgan fingerprint density at radius 3 is 3.00 bits per heavy atom. The predicted molar refractivity (Wildman–Crippen MR) is 66.3 cm³/mol. The zero-order chi connectivity index (χ0) is 11.2. The summed E-state index contributed by atoms with van der Waals surface area (Å²) in [4.78, 5) is 2.53. The first-order valence-electron chi connectivity index (χ1n) is 6.62. The molecule has 0 bridgehead atoms. The first-order valence-corrected chi connectivity index (χ1v) is 6.62. The maximum Gasteiger partial charge on any atom is 0.110 e. The van der Waals surface area contributed by atoms with Crippen molar-refractivity contribution in [1.29, 1.82) is 0 Å². The summed E-state index contributed by atoms with van der Waals surface area (Å²) in [7, 11) is 0. The molecular weight excluding hydrogens is 200 g/mol. The zero-order valence-corrected chi connectivity index (χ0v) is 10.3. The van der Waals surface area contributed by atoms with Crippen molar-refractivity contribution < 1.29 is 4.74 Å². The summed E-state index contributed by atoms with van der Waals surface area (Å²) in [6.45, 7) is 8.17. The van der Waals surface area contributed by atoms with Crippen LogP contribution in [0.1, 0.15) is 26.2 Å². The Hall–Kier alpha value is -0.540. The third-order valence-corrected chi connectivity index (χ3v) is 3.64. The first kappa shape index (κ1) is 11.9. The van der Waals surface area contributed by atoms with Gasteiger partial charge in [0, 0.05) is 13.1 Å². The van der Waals surface area contributed by atoms with Gasteiger partial charge in [-0.2, -0.15) is 0 Å². The normalized spacial score (nSPS) is 30.6. The lowest BCUT2D eigenvalue weighted by atomic mass is 10.1. The summed E-state index contributed by atoms with van der Waals surface area (Å²) in [6.07, 6.45) is 8.03. The molecule has 1 fully saturated rings. The van der Waals surface area contributed by atoms with Crippen LogP contribution < -0.4 is 5.32 Å². The molecule has 0 saturated carbocycles. The van der Waals surface area contributed by atoms with E-state index in [1.807, 2.05) is 6.26 Å². The van der Waals surface area contributed by atoms with Gasteiger partial charge in [0.2, 0.25) is 0 Å². The quantitative estimate of drug-likeness (QED) is 0.768. The molecule has 0 aromatic rings. The number of nitrogens with one attached hydrogen (secondary N) is 1. The highest BCUT2D eigenvalue weighted by molar-refractivity contribution is 4.83. The van der Waals surface area contributed by atoms with E-state index in [0.29, 0.717) is 6.10 Å². The third-order valence-electron chi connectivity index (χ3n) is 3.64. The van der Waals surface area contributed by atoms with Gasteiger partial charge in [-0.3, -0.25) is 0 Å². The molecule has 3 nitrogen and oxygen atoms in total. The molecule has 0 radical (unpaired) electrons. The molecule has 2 heterocycles. The maximum absolute atomic E-state index is 5.53.